The van der Waals surface area contributed by atoms with Crippen molar-refractivity contribution < 1.29 is 24.1 Å². The fraction of sp³-hybridized carbons (Fsp3) is 0.556. The van der Waals surface area contributed by atoms with Crippen LogP contribution in [-0.4, -0.2) is 105 Å². The third-order valence-electron chi connectivity index (χ3n) is 14.0. The maximum absolute atomic E-state index is 13.0. The molecule has 4 aromatic heterocycles. The number of thiazole rings is 1. The van der Waals surface area contributed by atoms with Crippen molar-refractivity contribution in [3.8, 4) is 16.9 Å². The fourth-order valence-corrected chi connectivity index (χ4v) is 13.5. The Hall–Kier alpha value is -4.70. The number of aromatic carboxylic acids is 1. The van der Waals surface area contributed by atoms with Gasteiger partial charge in [-0.3, -0.25) is 9.58 Å². The van der Waals surface area contributed by atoms with Gasteiger partial charge < -0.3 is 29.5 Å². The summed E-state index contributed by atoms with van der Waals surface area (Å²) in [5, 5.41) is 29.0. The van der Waals surface area contributed by atoms with Crippen molar-refractivity contribution in [2.45, 2.75) is 91.2 Å². The first-order chi connectivity index (χ1) is 28.8. The highest BCUT2D eigenvalue weighted by Gasteiger charge is 2.66. The molecule has 1 aromatic carbocycles. The Bertz CT molecular complexity index is 2460. The highest BCUT2D eigenvalue weighted by atomic mass is 32.1. The second-order valence-electron chi connectivity index (χ2n) is 19.0. The topological polar surface area (TPSA) is 153 Å². The van der Waals surface area contributed by atoms with Gasteiger partial charge in [0, 0.05) is 66.7 Å². The summed E-state index contributed by atoms with van der Waals surface area (Å²) in [7, 11) is 1.65. The summed E-state index contributed by atoms with van der Waals surface area (Å²) >= 11 is 1.54. The Morgan fingerprint density at radius 2 is 1.77 bits per heavy atom. The van der Waals surface area contributed by atoms with Crippen LogP contribution < -0.4 is 15.0 Å². The van der Waals surface area contributed by atoms with Crippen molar-refractivity contribution in [1.29, 1.82) is 0 Å². The smallest absolute Gasteiger partial charge is 0.355 e. The monoisotopic (exact) mass is 833 g/mol. The van der Waals surface area contributed by atoms with Crippen molar-refractivity contribution in [3.05, 3.63) is 59.0 Å². The largest absolute Gasteiger partial charge is 0.497 e. The summed E-state index contributed by atoms with van der Waals surface area (Å²) in [6, 6.07) is 9.64. The van der Waals surface area contributed by atoms with Gasteiger partial charge >= 0.3 is 5.97 Å². The molecule has 60 heavy (non-hydrogen) atoms. The van der Waals surface area contributed by atoms with Crippen molar-refractivity contribution >= 4 is 50.1 Å². The van der Waals surface area contributed by atoms with Gasteiger partial charge in [0.25, 0.3) is 0 Å². The first kappa shape index (κ1) is 39.4. The average Bonchev–Trinajstić information content (AvgIpc) is 3.78. The van der Waals surface area contributed by atoms with E-state index in [0.717, 1.165) is 134 Å². The van der Waals surface area contributed by atoms with Gasteiger partial charge in [0.15, 0.2) is 22.5 Å². The first-order valence-electron chi connectivity index (χ1n) is 21.4. The molecule has 316 valence electrons. The number of carboxylic acids is 1. The van der Waals surface area contributed by atoms with Crippen molar-refractivity contribution in [2.75, 3.05) is 63.3 Å². The van der Waals surface area contributed by atoms with E-state index < -0.39 is 5.97 Å². The Kier molecular flexibility index (Phi) is 9.69. The quantitative estimate of drug-likeness (QED) is 0.125. The number of nitrogens with zero attached hydrogens (tertiary/aromatic N) is 8. The van der Waals surface area contributed by atoms with Crippen LogP contribution in [0.3, 0.4) is 0 Å². The number of anilines is 4. The molecule has 6 aliphatic rings. The fourth-order valence-electron chi connectivity index (χ4n) is 12.6. The summed E-state index contributed by atoms with van der Waals surface area (Å²) in [6.07, 6.45) is 10.3. The van der Waals surface area contributed by atoms with E-state index in [-0.39, 0.29) is 27.5 Å². The normalized spacial score (nSPS) is 27.4. The van der Waals surface area contributed by atoms with Crippen LogP contribution in [0.25, 0.3) is 21.3 Å². The van der Waals surface area contributed by atoms with E-state index in [1.54, 1.807) is 18.4 Å². The second kappa shape index (κ2) is 14.7. The van der Waals surface area contributed by atoms with Crippen LogP contribution in [0.15, 0.2) is 36.5 Å². The zero-order chi connectivity index (χ0) is 41.4. The Balaban J connectivity index is 0.892. The molecule has 5 fully saturated rings. The molecular formula is C45H55N9O5S. The number of hydrogen-bond acceptors (Lipinski definition) is 13. The molecule has 2 aliphatic heterocycles. The van der Waals surface area contributed by atoms with Crippen molar-refractivity contribution in [3.63, 3.8) is 0 Å². The third-order valence-corrected chi connectivity index (χ3v) is 15.0. The number of pyridine rings is 1. The number of benzene rings is 1. The molecule has 0 amide bonds. The number of fused-ring (bicyclic) bond motifs is 2. The van der Waals surface area contributed by atoms with Gasteiger partial charge in [0.2, 0.25) is 0 Å². The summed E-state index contributed by atoms with van der Waals surface area (Å²) in [5.41, 5.74) is 5.58. The minimum Gasteiger partial charge on any atom is -0.497 e. The lowest BCUT2D eigenvalue weighted by Crippen LogP contribution is -2.64. The van der Waals surface area contributed by atoms with Crippen molar-refractivity contribution in [1.82, 2.24) is 34.8 Å². The molecule has 4 aliphatic carbocycles. The number of rotatable bonds is 12. The Labute approximate surface area is 354 Å². The molecule has 5 aromatic rings. The predicted molar refractivity (Wildman–Crippen MR) is 231 cm³/mol. The van der Waals surface area contributed by atoms with Crippen molar-refractivity contribution in [2.24, 2.45) is 16.2 Å². The van der Waals surface area contributed by atoms with E-state index in [0.29, 0.717) is 29.6 Å². The molecule has 6 heterocycles. The van der Waals surface area contributed by atoms with Gasteiger partial charge in [0.05, 0.1) is 48.9 Å². The number of carbonyl (C=O) groups is 1. The minimum absolute atomic E-state index is 0.000144. The van der Waals surface area contributed by atoms with E-state index in [4.69, 9.17) is 29.3 Å². The lowest BCUT2D eigenvalue weighted by Gasteiger charge is -2.69. The van der Waals surface area contributed by atoms with E-state index in [9.17, 15) is 9.90 Å². The Morgan fingerprint density at radius 1 is 0.967 bits per heavy atom. The van der Waals surface area contributed by atoms with Crippen LogP contribution in [0.1, 0.15) is 86.1 Å². The third kappa shape index (κ3) is 7.10. The molecule has 14 nitrogen and oxygen atoms in total. The molecule has 0 spiro atoms. The minimum atomic E-state index is -1.08. The van der Waals surface area contributed by atoms with Gasteiger partial charge in [-0.05, 0) is 106 Å². The van der Waals surface area contributed by atoms with E-state index in [2.05, 4.69) is 45.9 Å². The van der Waals surface area contributed by atoms with Crippen LogP contribution in [0.2, 0.25) is 0 Å². The van der Waals surface area contributed by atoms with E-state index in [1.165, 1.54) is 6.42 Å². The number of hydrogen-bond donors (Lipinski definition) is 2. The van der Waals surface area contributed by atoms with Gasteiger partial charge in [-0.2, -0.15) is 5.10 Å². The Morgan fingerprint density at radius 3 is 2.53 bits per heavy atom. The lowest BCUT2D eigenvalue weighted by atomic mass is 9.39. The summed E-state index contributed by atoms with van der Waals surface area (Å²) < 4.78 is 21.1. The zero-order valence-corrected chi connectivity index (χ0v) is 36.2. The highest BCUT2D eigenvalue weighted by molar-refractivity contribution is 7.22. The highest BCUT2D eigenvalue weighted by Crippen LogP contribution is 2.72. The number of nitrogens with one attached hydrogen (secondary N) is 1. The lowest BCUT2D eigenvalue weighted by molar-refractivity contribution is -0.249. The van der Waals surface area contributed by atoms with E-state index in [1.807, 2.05) is 48.4 Å². The molecule has 4 bridgehead atoms. The van der Waals surface area contributed by atoms with E-state index >= 15 is 0 Å². The van der Waals surface area contributed by atoms with Crippen LogP contribution in [0, 0.1) is 30.1 Å². The zero-order valence-electron chi connectivity index (χ0n) is 35.3. The molecule has 2 atom stereocenters. The number of methoxy groups -OCH3 is 1. The van der Waals surface area contributed by atoms with Gasteiger partial charge in [-0.1, -0.05) is 25.2 Å². The van der Waals surface area contributed by atoms with Gasteiger partial charge in [-0.25, -0.2) is 14.8 Å². The maximum Gasteiger partial charge on any atom is 0.355 e. The summed E-state index contributed by atoms with van der Waals surface area (Å²) in [5.74, 6) is 1.55. The number of ether oxygens (including phenoxy) is 3. The number of aromatic nitrogens is 6. The van der Waals surface area contributed by atoms with Crippen LogP contribution in [-0.2, 0) is 22.4 Å². The molecule has 11 rings (SSSR count). The molecule has 15 heteroatoms. The predicted octanol–water partition coefficient (Wildman–Crippen LogP) is 7.96. The van der Waals surface area contributed by atoms with Crippen LogP contribution in [0.4, 0.5) is 22.6 Å². The first-order valence-corrected chi connectivity index (χ1v) is 22.2. The summed E-state index contributed by atoms with van der Waals surface area (Å²) in [4.78, 5) is 27.0. The summed E-state index contributed by atoms with van der Waals surface area (Å²) in [6.45, 7) is 15.8. The number of carboxylic acid groups (broad SMARTS) is 1. The van der Waals surface area contributed by atoms with Gasteiger partial charge in [-0.15, -0.1) is 10.2 Å². The molecule has 1 saturated heterocycles. The molecular weight excluding hydrogens is 779 g/mol. The maximum atomic E-state index is 13.0. The molecule has 0 radical (unpaired) electrons. The standard InChI is InChI=1S/C45H55N9O5S/c1-28-31-7-6-12-53(39(31)51-50-38(28)49-41-47-34-19-30(57-5)8-10-35(34)60-41)36-11-9-32(37(48-36)40(55)56)33-20-46-54(29(33)2)27-44-22-42(3)21-43(4,23-44)25-45(24-42,26-44)59-18-15-52-13-16-58-17-14-52/h8-11,19-20H,6-7,12-18,21-27H2,1-5H3,(H,55,56)(H,47,49,50). The molecule has 2 N–H and O–H groups in total. The molecule has 4 saturated carbocycles. The van der Waals surface area contributed by atoms with Gasteiger partial charge in [0.1, 0.15) is 11.6 Å². The second-order valence-corrected chi connectivity index (χ2v) is 20.1. The molecule has 2 unspecified atom stereocenters. The number of morpholine rings is 1. The van der Waals surface area contributed by atoms with Crippen LogP contribution in [0.5, 0.6) is 5.75 Å². The SMILES string of the molecule is COc1ccc2sc(Nc3nnc4c(c3C)CCCN4c3ccc(-c4cnn(CC56CC7(C)CC(C)(C5)CC(OCCN5CCOCC5)(C7)C6)c4C)c(C(=O)O)n3)nc2c1. The van der Waals surface area contributed by atoms with Crippen LogP contribution >= 0.6 is 11.3 Å². The average molecular weight is 834 g/mol.